The molecule has 1 heterocycles. The van der Waals surface area contributed by atoms with Crippen LogP contribution in [0.15, 0.2) is 33.9 Å². The third-order valence-electron chi connectivity index (χ3n) is 4.25. The highest BCUT2D eigenvalue weighted by Crippen LogP contribution is 2.35. The highest BCUT2D eigenvalue weighted by Gasteiger charge is 2.38. The number of nitrogens with zero attached hydrogens (tertiary/aromatic N) is 1. The van der Waals surface area contributed by atoms with Gasteiger partial charge in [0, 0.05) is 12.6 Å². The Morgan fingerprint density at radius 3 is 2.41 bits per heavy atom. The van der Waals surface area contributed by atoms with Crippen LogP contribution in [0.5, 0.6) is 0 Å². The summed E-state index contributed by atoms with van der Waals surface area (Å²) >= 11 is 1.61. The highest BCUT2D eigenvalue weighted by molar-refractivity contribution is 7.89. The molecule has 1 saturated carbocycles. The molecule has 1 aromatic carbocycles. The van der Waals surface area contributed by atoms with Gasteiger partial charge in [0.2, 0.25) is 10.0 Å². The second-order valence-electron chi connectivity index (χ2n) is 6.11. The van der Waals surface area contributed by atoms with Gasteiger partial charge in [-0.3, -0.25) is 0 Å². The molecule has 0 aliphatic heterocycles. The summed E-state index contributed by atoms with van der Waals surface area (Å²) in [7, 11) is -3.45. The molecule has 1 fully saturated rings. The Morgan fingerprint density at radius 2 is 1.82 bits per heavy atom. The summed E-state index contributed by atoms with van der Waals surface area (Å²) in [6.07, 6.45) is 1.93. The van der Waals surface area contributed by atoms with E-state index in [1.165, 1.54) is 0 Å². The van der Waals surface area contributed by atoms with Gasteiger partial charge in [0.1, 0.15) is 0 Å². The van der Waals surface area contributed by atoms with E-state index in [2.05, 4.69) is 0 Å². The molecule has 3 nitrogen and oxygen atoms in total. The lowest BCUT2D eigenvalue weighted by molar-refractivity contribution is 0.399. The SMILES string of the molecule is Cc1cc(C)c(S(=O)(=O)N(Cc2ccsc2)C2CC2)cc1C. The molecule has 0 unspecified atom stereocenters. The minimum Gasteiger partial charge on any atom is -0.207 e. The van der Waals surface area contributed by atoms with Gasteiger partial charge in [-0.15, -0.1) is 0 Å². The predicted octanol–water partition coefficient (Wildman–Crippen LogP) is 4.03. The van der Waals surface area contributed by atoms with Crippen LogP contribution in [0.1, 0.15) is 35.1 Å². The summed E-state index contributed by atoms with van der Waals surface area (Å²) in [5, 5.41) is 4.02. The van der Waals surface area contributed by atoms with E-state index in [-0.39, 0.29) is 6.04 Å². The maximum absolute atomic E-state index is 13.2. The van der Waals surface area contributed by atoms with Crippen molar-refractivity contribution in [2.75, 3.05) is 0 Å². The molecule has 0 saturated heterocycles. The van der Waals surface area contributed by atoms with E-state index in [4.69, 9.17) is 0 Å². The van der Waals surface area contributed by atoms with Gasteiger partial charge in [-0.1, -0.05) is 6.07 Å². The number of hydrogen-bond acceptors (Lipinski definition) is 3. The molecular weight excluding hydrogens is 314 g/mol. The van der Waals surface area contributed by atoms with Gasteiger partial charge < -0.3 is 0 Å². The third kappa shape index (κ3) is 2.98. The van der Waals surface area contributed by atoms with Crippen molar-refractivity contribution in [3.63, 3.8) is 0 Å². The summed E-state index contributed by atoms with van der Waals surface area (Å²) in [4.78, 5) is 0.456. The van der Waals surface area contributed by atoms with Crippen LogP contribution >= 0.6 is 11.3 Å². The first-order valence-electron chi connectivity index (χ1n) is 7.50. The van der Waals surface area contributed by atoms with Gasteiger partial charge in [0.05, 0.1) is 4.90 Å². The first-order valence-corrected chi connectivity index (χ1v) is 9.88. The Labute approximate surface area is 136 Å². The van der Waals surface area contributed by atoms with Gasteiger partial charge in [0.15, 0.2) is 0 Å². The molecule has 1 aliphatic carbocycles. The zero-order chi connectivity index (χ0) is 15.9. The van der Waals surface area contributed by atoms with Crippen molar-refractivity contribution in [1.82, 2.24) is 4.31 Å². The lowest BCUT2D eigenvalue weighted by Crippen LogP contribution is -2.33. The van der Waals surface area contributed by atoms with Gasteiger partial charge >= 0.3 is 0 Å². The van der Waals surface area contributed by atoms with E-state index in [1.54, 1.807) is 15.6 Å². The maximum atomic E-state index is 13.2. The average molecular weight is 335 g/mol. The lowest BCUT2D eigenvalue weighted by atomic mass is 10.1. The summed E-state index contributed by atoms with van der Waals surface area (Å²) < 4.78 is 28.0. The largest absolute Gasteiger partial charge is 0.243 e. The molecule has 1 aliphatic rings. The minimum absolute atomic E-state index is 0.158. The van der Waals surface area contributed by atoms with Gasteiger partial charge in [0.25, 0.3) is 0 Å². The molecular formula is C17H21NO2S2. The van der Waals surface area contributed by atoms with Crippen molar-refractivity contribution in [1.29, 1.82) is 0 Å². The van der Waals surface area contributed by atoms with Crippen molar-refractivity contribution in [2.24, 2.45) is 0 Å². The fraction of sp³-hybridized carbons (Fsp3) is 0.412. The predicted molar refractivity (Wildman–Crippen MR) is 90.7 cm³/mol. The molecule has 0 radical (unpaired) electrons. The van der Waals surface area contributed by atoms with Gasteiger partial charge in [-0.25, -0.2) is 8.42 Å². The summed E-state index contributed by atoms with van der Waals surface area (Å²) in [6, 6.07) is 5.95. The molecule has 0 bridgehead atoms. The van der Waals surface area contributed by atoms with E-state index in [0.717, 1.165) is 35.1 Å². The first kappa shape index (κ1) is 15.7. The molecule has 118 valence electrons. The topological polar surface area (TPSA) is 37.4 Å². The number of hydrogen-bond donors (Lipinski definition) is 0. The van der Waals surface area contributed by atoms with Crippen LogP contribution < -0.4 is 0 Å². The Kier molecular flexibility index (Phi) is 4.14. The van der Waals surface area contributed by atoms with Crippen molar-refractivity contribution in [3.8, 4) is 0 Å². The van der Waals surface area contributed by atoms with Crippen LogP contribution in [0.2, 0.25) is 0 Å². The quantitative estimate of drug-likeness (QED) is 0.827. The van der Waals surface area contributed by atoms with Crippen molar-refractivity contribution in [2.45, 2.75) is 51.1 Å². The zero-order valence-electron chi connectivity index (χ0n) is 13.2. The number of sulfonamides is 1. The number of rotatable bonds is 5. The molecule has 1 aromatic heterocycles. The third-order valence-corrected chi connectivity index (χ3v) is 7.02. The van der Waals surface area contributed by atoms with Crippen LogP contribution in [0.3, 0.4) is 0 Å². The lowest BCUT2D eigenvalue weighted by Gasteiger charge is -2.23. The molecule has 0 spiro atoms. The Morgan fingerprint density at radius 1 is 1.14 bits per heavy atom. The van der Waals surface area contributed by atoms with Crippen LogP contribution in [0, 0.1) is 20.8 Å². The van der Waals surface area contributed by atoms with Crippen molar-refractivity contribution >= 4 is 21.4 Å². The van der Waals surface area contributed by atoms with Crippen LogP contribution in [0.25, 0.3) is 0 Å². The normalized spacial score (nSPS) is 15.5. The Hall–Kier alpha value is -1.17. The van der Waals surface area contributed by atoms with Crippen LogP contribution in [-0.4, -0.2) is 18.8 Å². The molecule has 2 aromatic rings. The molecule has 0 N–H and O–H groups in total. The minimum atomic E-state index is -3.45. The fourth-order valence-electron chi connectivity index (χ4n) is 2.67. The zero-order valence-corrected chi connectivity index (χ0v) is 14.8. The Balaban J connectivity index is 2.01. The van der Waals surface area contributed by atoms with E-state index in [1.807, 2.05) is 49.7 Å². The number of thiophene rings is 1. The summed E-state index contributed by atoms with van der Waals surface area (Å²) in [6.45, 7) is 6.34. The fourth-order valence-corrected chi connectivity index (χ4v) is 5.30. The molecule has 0 atom stereocenters. The highest BCUT2D eigenvalue weighted by atomic mass is 32.2. The smallest absolute Gasteiger partial charge is 0.207 e. The summed E-state index contributed by atoms with van der Waals surface area (Å²) in [5.41, 5.74) is 4.06. The number of aryl methyl sites for hydroxylation is 3. The van der Waals surface area contributed by atoms with E-state index >= 15 is 0 Å². The van der Waals surface area contributed by atoms with Gasteiger partial charge in [-0.05, 0) is 78.8 Å². The monoisotopic (exact) mass is 335 g/mol. The van der Waals surface area contributed by atoms with Crippen molar-refractivity contribution in [3.05, 3.63) is 51.2 Å². The van der Waals surface area contributed by atoms with E-state index in [0.29, 0.717) is 11.4 Å². The average Bonchev–Trinajstić information content (AvgIpc) is 3.16. The first-order chi connectivity index (χ1) is 10.4. The van der Waals surface area contributed by atoms with Crippen molar-refractivity contribution < 1.29 is 8.42 Å². The molecule has 22 heavy (non-hydrogen) atoms. The van der Waals surface area contributed by atoms with E-state index in [9.17, 15) is 8.42 Å². The van der Waals surface area contributed by atoms with Gasteiger partial charge in [-0.2, -0.15) is 15.6 Å². The van der Waals surface area contributed by atoms with Crippen LogP contribution in [0.4, 0.5) is 0 Å². The second-order valence-corrected chi connectivity index (χ2v) is 8.75. The van der Waals surface area contributed by atoms with E-state index < -0.39 is 10.0 Å². The van der Waals surface area contributed by atoms with Crippen LogP contribution in [-0.2, 0) is 16.6 Å². The molecule has 5 heteroatoms. The molecule has 0 amide bonds. The summed E-state index contributed by atoms with van der Waals surface area (Å²) in [5.74, 6) is 0. The standard InChI is InChI=1S/C17H21NO2S2/c1-12-8-14(3)17(9-13(12)2)22(19,20)18(16-4-5-16)10-15-6-7-21-11-15/h6-9,11,16H,4-5,10H2,1-3H3. The second kappa shape index (κ2) is 5.80. The molecule has 3 rings (SSSR count). The number of benzene rings is 1. The maximum Gasteiger partial charge on any atom is 0.243 e. The Bertz CT molecular complexity index is 775.